The first kappa shape index (κ1) is 25.9. The molecule has 4 N–H and O–H groups in total. The summed E-state index contributed by atoms with van der Waals surface area (Å²) in [7, 11) is 5.24. The van der Waals surface area contributed by atoms with Gasteiger partial charge in [-0.2, -0.15) is 5.11 Å². The molecule has 0 radical (unpaired) electrons. The first-order valence-electron chi connectivity index (χ1n) is 10.8. The summed E-state index contributed by atoms with van der Waals surface area (Å²) in [4.78, 5) is 13.6. The standard InChI is InChI=1S/C23H36N10/c1-26-29-31(3)13-8-14-32(18-21(24)17-30(2)25)15-16-33(19-22-9-4-6-11-27-22)20-23-10-5-7-12-28-23/h4-13,17H,14-16,18-20,24-25H2,1-3H3/b13-8+,21-17-,29-26?. The Balaban J connectivity index is 2.09. The highest BCUT2D eigenvalue weighted by molar-refractivity contribution is 5.06. The Hall–Kier alpha value is -3.34. The lowest BCUT2D eigenvalue weighted by Gasteiger charge is -2.27. The third-order valence-electron chi connectivity index (χ3n) is 4.65. The van der Waals surface area contributed by atoms with Gasteiger partial charge in [0.05, 0.1) is 18.4 Å². The van der Waals surface area contributed by atoms with E-state index >= 15 is 0 Å². The van der Waals surface area contributed by atoms with Crippen LogP contribution in [0.15, 0.2) is 83.3 Å². The van der Waals surface area contributed by atoms with Gasteiger partial charge in [0.2, 0.25) is 0 Å². The van der Waals surface area contributed by atoms with Crippen molar-refractivity contribution in [1.82, 2.24) is 29.8 Å². The molecule has 2 aromatic heterocycles. The van der Waals surface area contributed by atoms with Gasteiger partial charge in [0.1, 0.15) is 0 Å². The molecule has 0 aliphatic heterocycles. The molecule has 0 aliphatic carbocycles. The molecule has 0 saturated heterocycles. The molecular weight excluding hydrogens is 416 g/mol. The fourth-order valence-electron chi connectivity index (χ4n) is 3.25. The molecule has 0 bridgehead atoms. The van der Waals surface area contributed by atoms with Crippen LogP contribution in [0, 0.1) is 0 Å². The Labute approximate surface area is 196 Å². The van der Waals surface area contributed by atoms with Crippen molar-refractivity contribution in [3.63, 3.8) is 0 Å². The maximum absolute atomic E-state index is 6.20. The summed E-state index contributed by atoms with van der Waals surface area (Å²) < 4.78 is 0. The monoisotopic (exact) mass is 452 g/mol. The summed E-state index contributed by atoms with van der Waals surface area (Å²) >= 11 is 0. The summed E-state index contributed by atoms with van der Waals surface area (Å²) in [5, 5.41) is 10.9. The number of rotatable bonds is 14. The zero-order chi connectivity index (χ0) is 23.9. The lowest BCUT2D eigenvalue weighted by Crippen LogP contribution is -2.37. The quantitative estimate of drug-likeness (QED) is 0.253. The highest BCUT2D eigenvalue weighted by Crippen LogP contribution is 2.08. The summed E-state index contributed by atoms with van der Waals surface area (Å²) in [6, 6.07) is 12.0. The molecule has 0 spiro atoms. The van der Waals surface area contributed by atoms with Gasteiger partial charge in [-0.1, -0.05) is 23.4 Å². The van der Waals surface area contributed by atoms with E-state index in [2.05, 4.69) is 30.1 Å². The van der Waals surface area contributed by atoms with Crippen LogP contribution in [0.3, 0.4) is 0 Å². The largest absolute Gasteiger partial charge is 0.400 e. The van der Waals surface area contributed by atoms with E-state index < -0.39 is 0 Å². The van der Waals surface area contributed by atoms with Crippen LogP contribution in [0.5, 0.6) is 0 Å². The zero-order valence-corrected chi connectivity index (χ0v) is 19.8. The molecule has 10 nitrogen and oxygen atoms in total. The first-order chi connectivity index (χ1) is 16.0. The minimum absolute atomic E-state index is 0.589. The molecule has 0 aliphatic rings. The predicted octanol–water partition coefficient (Wildman–Crippen LogP) is 1.83. The third-order valence-corrected chi connectivity index (χ3v) is 4.65. The molecular formula is C23H36N10. The van der Waals surface area contributed by atoms with E-state index in [0.717, 1.165) is 37.6 Å². The molecule has 2 heterocycles. The maximum Gasteiger partial charge on any atom is 0.0544 e. The number of nitrogens with two attached hydrogens (primary N) is 2. The molecule has 0 unspecified atom stereocenters. The van der Waals surface area contributed by atoms with Gasteiger partial charge in [0.25, 0.3) is 0 Å². The lowest BCUT2D eigenvalue weighted by atomic mass is 10.2. The molecule has 0 fully saturated rings. The Morgan fingerprint density at radius 2 is 1.58 bits per heavy atom. The summed E-state index contributed by atoms with van der Waals surface area (Å²) in [5.41, 5.74) is 8.94. The number of hydrazine groups is 1. The topological polar surface area (TPSA) is 116 Å². The van der Waals surface area contributed by atoms with Gasteiger partial charge in [-0.25, -0.2) is 5.84 Å². The van der Waals surface area contributed by atoms with Crippen LogP contribution < -0.4 is 11.6 Å². The minimum atomic E-state index is 0.589. The SMILES string of the molecule is CN=NN(C)/C=C/CN(CCN(Cc1ccccn1)Cc1ccccn1)C/C(N)=C/N(C)N. The number of pyridine rings is 2. The summed E-state index contributed by atoms with van der Waals surface area (Å²) in [6.07, 6.45) is 9.30. The van der Waals surface area contributed by atoms with Crippen LogP contribution in [-0.2, 0) is 13.1 Å². The molecule has 0 atom stereocenters. The molecule has 0 amide bonds. The fraction of sp³-hybridized carbons (Fsp3) is 0.391. The Morgan fingerprint density at radius 1 is 0.970 bits per heavy atom. The van der Waals surface area contributed by atoms with Crippen LogP contribution in [0.25, 0.3) is 0 Å². The first-order valence-corrected chi connectivity index (χ1v) is 10.8. The summed E-state index contributed by atoms with van der Waals surface area (Å²) in [5.74, 6) is 5.73. The van der Waals surface area contributed by atoms with Crippen molar-refractivity contribution < 1.29 is 0 Å². The van der Waals surface area contributed by atoms with E-state index in [1.54, 1.807) is 25.3 Å². The molecule has 0 saturated carbocycles. The highest BCUT2D eigenvalue weighted by Gasteiger charge is 2.12. The number of aromatic nitrogens is 2. The van der Waals surface area contributed by atoms with E-state index in [1.165, 1.54) is 5.01 Å². The average Bonchev–Trinajstić information content (AvgIpc) is 2.78. The van der Waals surface area contributed by atoms with Gasteiger partial charge < -0.3 is 10.7 Å². The van der Waals surface area contributed by atoms with Gasteiger partial charge in [-0.15, -0.1) is 0 Å². The molecule has 33 heavy (non-hydrogen) atoms. The summed E-state index contributed by atoms with van der Waals surface area (Å²) in [6.45, 7) is 4.37. The zero-order valence-electron chi connectivity index (χ0n) is 19.8. The van der Waals surface area contributed by atoms with Crippen molar-refractivity contribution in [3.8, 4) is 0 Å². The van der Waals surface area contributed by atoms with Crippen LogP contribution >= 0.6 is 0 Å². The van der Waals surface area contributed by atoms with Crippen molar-refractivity contribution in [1.29, 1.82) is 0 Å². The lowest BCUT2D eigenvalue weighted by molar-refractivity contribution is 0.204. The molecule has 0 aromatic carbocycles. The molecule has 178 valence electrons. The van der Waals surface area contributed by atoms with E-state index in [-0.39, 0.29) is 0 Å². The van der Waals surface area contributed by atoms with Crippen molar-refractivity contribution in [2.45, 2.75) is 13.1 Å². The van der Waals surface area contributed by atoms with Crippen molar-refractivity contribution in [2.75, 3.05) is 47.3 Å². The molecule has 10 heteroatoms. The normalized spacial score (nSPS) is 12.4. The molecule has 2 aromatic rings. The van der Waals surface area contributed by atoms with Gasteiger partial charge in [-0.05, 0) is 24.3 Å². The second-order valence-electron chi connectivity index (χ2n) is 7.71. The number of nitrogens with zero attached hydrogens (tertiary/aromatic N) is 8. The van der Waals surface area contributed by atoms with Crippen LogP contribution in [-0.4, -0.2) is 77.1 Å². The average molecular weight is 453 g/mol. The third kappa shape index (κ3) is 11.2. The van der Waals surface area contributed by atoms with E-state index in [1.807, 2.05) is 68.1 Å². The smallest absolute Gasteiger partial charge is 0.0544 e. The molecule has 2 rings (SSSR count). The van der Waals surface area contributed by atoms with E-state index in [4.69, 9.17) is 11.6 Å². The second-order valence-corrected chi connectivity index (χ2v) is 7.71. The van der Waals surface area contributed by atoms with Crippen molar-refractivity contribution >= 4 is 0 Å². The van der Waals surface area contributed by atoms with Crippen LogP contribution in [0.4, 0.5) is 0 Å². The highest BCUT2D eigenvalue weighted by atomic mass is 15.5. The van der Waals surface area contributed by atoms with Gasteiger partial charge in [0.15, 0.2) is 0 Å². The number of hydrogen-bond donors (Lipinski definition) is 2. The van der Waals surface area contributed by atoms with Gasteiger partial charge in [0, 0.05) is 83.9 Å². The Kier molecular flexibility index (Phi) is 11.5. The van der Waals surface area contributed by atoms with E-state index in [0.29, 0.717) is 18.8 Å². The van der Waals surface area contributed by atoms with Crippen LogP contribution in [0.1, 0.15) is 11.4 Å². The van der Waals surface area contributed by atoms with E-state index in [9.17, 15) is 0 Å². The fourth-order valence-corrected chi connectivity index (χ4v) is 3.25. The van der Waals surface area contributed by atoms with Gasteiger partial charge in [-0.3, -0.25) is 24.8 Å². The van der Waals surface area contributed by atoms with Crippen molar-refractivity contribution in [2.24, 2.45) is 21.9 Å². The van der Waals surface area contributed by atoms with Crippen molar-refractivity contribution in [3.05, 3.63) is 84.4 Å². The van der Waals surface area contributed by atoms with Gasteiger partial charge >= 0.3 is 0 Å². The second kappa shape index (κ2) is 14.7. The number of hydrogen-bond acceptors (Lipinski definition) is 9. The predicted molar refractivity (Wildman–Crippen MR) is 131 cm³/mol. The maximum atomic E-state index is 6.20. The van der Waals surface area contributed by atoms with Crippen LogP contribution in [0.2, 0.25) is 0 Å². The minimum Gasteiger partial charge on any atom is -0.400 e. The Morgan fingerprint density at radius 3 is 2.09 bits per heavy atom. The Bertz CT molecular complexity index is 826.